The second-order valence-corrected chi connectivity index (χ2v) is 3.98. The molecule has 0 aromatic carbocycles. The number of rotatable bonds is 2. The van der Waals surface area contributed by atoms with Crippen LogP contribution in [-0.2, 0) is 0 Å². The third-order valence-electron chi connectivity index (χ3n) is 2.75. The van der Waals surface area contributed by atoms with Crippen molar-refractivity contribution in [1.82, 2.24) is 9.97 Å². The molecule has 2 heterocycles. The fraction of sp³-hybridized carbons (Fsp3) is 0.231. The quantitative estimate of drug-likeness (QED) is 0.740. The third kappa shape index (κ3) is 1.82. The molecule has 2 aromatic heterocycles. The number of Topliss-reactive ketones (excluding diaryl/α,β-unsaturated/α-hetero) is 2. The molecule has 0 radical (unpaired) electrons. The van der Waals surface area contributed by atoms with E-state index >= 15 is 0 Å². The molecular formula is C13H12N2O2. The van der Waals surface area contributed by atoms with Crippen LogP contribution < -0.4 is 0 Å². The Bertz CT molecular complexity index is 612. The van der Waals surface area contributed by atoms with Gasteiger partial charge in [0.05, 0.1) is 0 Å². The van der Waals surface area contributed by atoms with Crippen molar-refractivity contribution in [2.45, 2.75) is 20.8 Å². The summed E-state index contributed by atoms with van der Waals surface area (Å²) in [6, 6.07) is 0. The molecule has 0 N–H and O–H groups in total. The molecule has 0 unspecified atom stereocenters. The molecule has 86 valence electrons. The monoisotopic (exact) mass is 228 g/mol. The second kappa shape index (κ2) is 4.05. The SMILES string of the molecule is CC(=O)c1cncc2c(C)ncc(C(C)=O)c12. The molecule has 0 saturated carbocycles. The zero-order chi connectivity index (χ0) is 12.6. The lowest BCUT2D eigenvalue weighted by molar-refractivity contribution is 0.101. The Morgan fingerprint density at radius 3 is 2.18 bits per heavy atom. The van der Waals surface area contributed by atoms with Crippen LogP contribution in [0.2, 0.25) is 0 Å². The predicted molar refractivity (Wildman–Crippen MR) is 64.3 cm³/mol. The van der Waals surface area contributed by atoms with Gasteiger partial charge >= 0.3 is 0 Å². The van der Waals surface area contributed by atoms with Crippen LogP contribution in [0.5, 0.6) is 0 Å². The highest BCUT2D eigenvalue weighted by atomic mass is 16.1. The molecule has 0 aliphatic carbocycles. The number of hydrogen-bond acceptors (Lipinski definition) is 4. The van der Waals surface area contributed by atoms with Gasteiger partial charge in [-0.2, -0.15) is 0 Å². The average Bonchev–Trinajstić information content (AvgIpc) is 2.28. The van der Waals surface area contributed by atoms with Crippen LogP contribution in [0.15, 0.2) is 18.6 Å². The molecule has 0 aliphatic rings. The molecule has 2 rings (SSSR count). The Hall–Kier alpha value is -2.10. The summed E-state index contributed by atoms with van der Waals surface area (Å²) in [5.74, 6) is -0.201. The standard InChI is InChI=1S/C13H12N2O2/c1-7-10-4-14-5-11(8(2)16)13(10)12(6-15-7)9(3)17/h4-6H,1-3H3. The summed E-state index contributed by atoms with van der Waals surface area (Å²) >= 11 is 0. The molecule has 0 atom stereocenters. The van der Waals surface area contributed by atoms with Crippen LogP contribution in [0, 0.1) is 6.92 Å². The van der Waals surface area contributed by atoms with E-state index in [1.807, 2.05) is 6.92 Å². The topological polar surface area (TPSA) is 59.9 Å². The van der Waals surface area contributed by atoms with Gasteiger partial charge in [-0.05, 0) is 20.8 Å². The zero-order valence-electron chi connectivity index (χ0n) is 9.94. The van der Waals surface area contributed by atoms with E-state index in [4.69, 9.17) is 0 Å². The van der Waals surface area contributed by atoms with Gasteiger partial charge in [-0.15, -0.1) is 0 Å². The summed E-state index contributed by atoms with van der Waals surface area (Å²) in [6.45, 7) is 4.77. The molecule has 4 nitrogen and oxygen atoms in total. The fourth-order valence-electron chi connectivity index (χ4n) is 1.85. The van der Waals surface area contributed by atoms with Gasteiger partial charge < -0.3 is 0 Å². The van der Waals surface area contributed by atoms with Crippen molar-refractivity contribution in [2.24, 2.45) is 0 Å². The third-order valence-corrected chi connectivity index (χ3v) is 2.75. The number of carbonyl (C=O) groups excluding carboxylic acids is 2. The number of nitrogens with zero attached hydrogens (tertiary/aromatic N) is 2. The van der Waals surface area contributed by atoms with Crippen molar-refractivity contribution in [3.63, 3.8) is 0 Å². The molecule has 4 heteroatoms. The van der Waals surface area contributed by atoms with Gasteiger partial charge in [0.15, 0.2) is 11.6 Å². The van der Waals surface area contributed by atoms with Crippen molar-refractivity contribution in [3.05, 3.63) is 35.4 Å². The number of aromatic nitrogens is 2. The maximum Gasteiger partial charge on any atom is 0.162 e. The van der Waals surface area contributed by atoms with Crippen LogP contribution in [0.1, 0.15) is 40.3 Å². The van der Waals surface area contributed by atoms with E-state index in [0.717, 1.165) is 11.1 Å². The maximum atomic E-state index is 11.6. The lowest BCUT2D eigenvalue weighted by Crippen LogP contribution is -2.03. The van der Waals surface area contributed by atoms with Crippen LogP contribution >= 0.6 is 0 Å². The number of ketones is 2. The first kappa shape index (κ1) is 11.4. The van der Waals surface area contributed by atoms with Gasteiger partial charge in [0.2, 0.25) is 0 Å². The van der Waals surface area contributed by atoms with Gasteiger partial charge in [-0.25, -0.2) is 0 Å². The largest absolute Gasteiger partial charge is 0.294 e. The molecule has 0 spiro atoms. The molecule has 0 aliphatic heterocycles. The van der Waals surface area contributed by atoms with Gasteiger partial charge in [0.25, 0.3) is 0 Å². The number of aryl methyl sites for hydroxylation is 1. The first-order chi connectivity index (χ1) is 8.02. The van der Waals surface area contributed by atoms with Crippen molar-refractivity contribution in [3.8, 4) is 0 Å². The van der Waals surface area contributed by atoms with Crippen molar-refractivity contribution >= 4 is 22.3 Å². The zero-order valence-corrected chi connectivity index (χ0v) is 9.94. The van der Waals surface area contributed by atoms with Crippen LogP contribution in [0.3, 0.4) is 0 Å². The Morgan fingerprint density at radius 1 is 1.00 bits per heavy atom. The molecule has 0 bridgehead atoms. The van der Waals surface area contributed by atoms with Crippen LogP contribution in [0.4, 0.5) is 0 Å². The van der Waals surface area contributed by atoms with E-state index in [1.54, 1.807) is 6.20 Å². The minimum Gasteiger partial charge on any atom is -0.294 e. The van der Waals surface area contributed by atoms with Gasteiger partial charge in [-0.1, -0.05) is 0 Å². The predicted octanol–water partition coefficient (Wildman–Crippen LogP) is 2.34. The van der Waals surface area contributed by atoms with E-state index in [1.165, 1.54) is 26.2 Å². The number of carbonyl (C=O) groups is 2. The van der Waals surface area contributed by atoms with E-state index in [-0.39, 0.29) is 11.6 Å². The normalized spacial score (nSPS) is 10.5. The van der Waals surface area contributed by atoms with Gasteiger partial charge in [0, 0.05) is 46.2 Å². The second-order valence-electron chi connectivity index (χ2n) is 3.98. The summed E-state index contributed by atoms with van der Waals surface area (Å²) in [4.78, 5) is 31.3. The van der Waals surface area contributed by atoms with E-state index in [2.05, 4.69) is 9.97 Å². The first-order valence-corrected chi connectivity index (χ1v) is 5.27. The minimum absolute atomic E-state index is 0.101. The molecular weight excluding hydrogens is 216 g/mol. The first-order valence-electron chi connectivity index (χ1n) is 5.27. The fourth-order valence-corrected chi connectivity index (χ4v) is 1.85. The summed E-state index contributed by atoms with van der Waals surface area (Å²) in [5.41, 5.74) is 1.71. The Kier molecular flexibility index (Phi) is 2.71. The molecule has 2 aromatic rings. The highest BCUT2D eigenvalue weighted by Gasteiger charge is 2.15. The Balaban J connectivity index is 2.99. The Labute approximate surface area is 98.7 Å². The van der Waals surface area contributed by atoms with E-state index < -0.39 is 0 Å². The van der Waals surface area contributed by atoms with E-state index in [9.17, 15) is 9.59 Å². The highest BCUT2D eigenvalue weighted by Crippen LogP contribution is 2.24. The number of fused-ring (bicyclic) bond motifs is 1. The number of hydrogen-bond donors (Lipinski definition) is 0. The molecule has 0 fully saturated rings. The minimum atomic E-state index is -0.101. The van der Waals surface area contributed by atoms with Gasteiger partial charge in [0.1, 0.15) is 0 Å². The summed E-state index contributed by atoms with van der Waals surface area (Å²) < 4.78 is 0. The summed E-state index contributed by atoms with van der Waals surface area (Å²) in [5, 5.41) is 1.41. The van der Waals surface area contributed by atoms with Crippen molar-refractivity contribution in [2.75, 3.05) is 0 Å². The summed E-state index contributed by atoms with van der Waals surface area (Å²) in [7, 11) is 0. The average molecular weight is 228 g/mol. The van der Waals surface area contributed by atoms with Crippen LogP contribution in [-0.4, -0.2) is 21.5 Å². The van der Waals surface area contributed by atoms with Crippen molar-refractivity contribution < 1.29 is 9.59 Å². The number of pyridine rings is 2. The lowest BCUT2D eigenvalue weighted by Gasteiger charge is -2.08. The van der Waals surface area contributed by atoms with Gasteiger partial charge in [-0.3, -0.25) is 19.6 Å². The summed E-state index contributed by atoms with van der Waals surface area (Å²) in [6.07, 6.45) is 4.65. The van der Waals surface area contributed by atoms with Crippen molar-refractivity contribution in [1.29, 1.82) is 0 Å². The Morgan fingerprint density at radius 2 is 1.59 bits per heavy atom. The molecule has 17 heavy (non-hydrogen) atoms. The molecule has 0 saturated heterocycles. The lowest BCUT2D eigenvalue weighted by atomic mass is 9.99. The molecule has 0 amide bonds. The maximum absolute atomic E-state index is 11.6. The smallest absolute Gasteiger partial charge is 0.162 e. The van der Waals surface area contributed by atoms with Crippen LogP contribution in [0.25, 0.3) is 10.8 Å². The van der Waals surface area contributed by atoms with E-state index in [0.29, 0.717) is 16.5 Å². The highest BCUT2D eigenvalue weighted by molar-refractivity contribution is 6.15.